The van der Waals surface area contributed by atoms with Crippen molar-refractivity contribution in [3.8, 4) is 0 Å². The van der Waals surface area contributed by atoms with Crippen LogP contribution >= 0.6 is 0 Å². The molecule has 0 amide bonds. The Labute approximate surface area is 145 Å². The number of hydrogen-bond donors (Lipinski definition) is 2. The van der Waals surface area contributed by atoms with E-state index in [2.05, 4.69) is 25.2 Å². The molecular formula is C20H32O4. The van der Waals surface area contributed by atoms with Crippen LogP contribution in [0.1, 0.15) is 64.7 Å². The Morgan fingerprint density at radius 1 is 1.17 bits per heavy atom. The molecule has 1 saturated heterocycles. The monoisotopic (exact) mass is 336 g/mol. The van der Waals surface area contributed by atoms with E-state index in [0.717, 1.165) is 32.1 Å². The Morgan fingerprint density at radius 2 is 1.96 bits per heavy atom. The highest BCUT2D eigenvalue weighted by atomic mass is 16.6. The number of ether oxygens (including phenoxy) is 1. The molecule has 4 nitrogen and oxygen atoms in total. The molecule has 3 atom stereocenters. The second-order valence-electron chi connectivity index (χ2n) is 6.29. The van der Waals surface area contributed by atoms with Gasteiger partial charge in [0, 0.05) is 6.42 Å². The molecule has 2 N–H and O–H groups in total. The predicted molar refractivity (Wildman–Crippen MR) is 97.0 cm³/mol. The van der Waals surface area contributed by atoms with Crippen LogP contribution in [0, 0.1) is 0 Å². The Hall–Kier alpha value is -1.39. The van der Waals surface area contributed by atoms with Crippen LogP contribution in [0.3, 0.4) is 0 Å². The number of carbonyl (C=O) groups is 1. The normalized spacial score (nSPS) is 21.9. The standard InChI is InChI=1S/C20H32O4/c1-2-3-9-12-17(21)15-16-19-18(24-19)13-10-7-5-4-6-8-11-14-20(22)23/h4,6-7,10,15-19,21H,2-3,5,8-9,11-14H2,1H3,(H,22,23)/b6-4-,10-7-,16-15+. The molecule has 0 aromatic heterocycles. The van der Waals surface area contributed by atoms with Crippen molar-refractivity contribution in [1.29, 1.82) is 0 Å². The maximum absolute atomic E-state index is 10.3. The SMILES string of the molecule is CCCCCC(O)/C=C/C1OC1C/C=C\C/C=C\CCCC(=O)O. The molecule has 0 aromatic rings. The van der Waals surface area contributed by atoms with Gasteiger partial charge in [0.2, 0.25) is 0 Å². The average molecular weight is 336 g/mol. The number of carboxylic acids is 1. The molecule has 24 heavy (non-hydrogen) atoms. The van der Waals surface area contributed by atoms with E-state index in [0.29, 0.717) is 6.42 Å². The predicted octanol–water partition coefficient (Wildman–Crippen LogP) is 4.40. The van der Waals surface area contributed by atoms with Crippen LogP contribution < -0.4 is 0 Å². The van der Waals surface area contributed by atoms with Gasteiger partial charge in [0.25, 0.3) is 0 Å². The number of aliphatic hydroxyl groups excluding tert-OH is 1. The van der Waals surface area contributed by atoms with Crippen LogP contribution in [-0.2, 0) is 9.53 Å². The molecule has 0 aromatic carbocycles. The zero-order valence-corrected chi connectivity index (χ0v) is 14.8. The van der Waals surface area contributed by atoms with Gasteiger partial charge in [-0.05, 0) is 32.1 Å². The lowest BCUT2D eigenvalue weighted by Gasteiger charge is -2.03. The van der Waals surface area contributed by atoms with Crippen molar-refractivity contribution >= 4 is 5.97 Å². The van der Waals surface area contributed by atoms with Gasteiger partial charge in [-0.3, -0.25) is 4.79 Å². The third-order valence-electron chi connectivity index (χ3n) is 3.98. The van der Waals surface area contributed by atoms with Crippen molar-refractivity contribution in [1.82, 2.24) is 0 Å². The molecule has 4 heteroatoms. The van der Waals surface area contributed by atoms with E-state index in [1.807, 2.05) is 18.2 Å². The van der Waals surface area contributed by atoms with Gasteiger partial charge in [-0.1, -0.05) is 62.6 Å². The highest BCUT2D eigenvalue weighted by molar-refractivity contribution is 5.66. The summed E-state index contributed by atoms with van der Waals surface area (Å²) in [6.07, 6.45) is 20.0. The average Bonchev–Trinajstić information content (AvgIpc) is 3.30. The number of carboxylic acid groups (broad SMARTS) is 1. The summed E-state index contributed by atoms with van der Waals surface area (Å²) in [6.45, 7) is 2.16. The largest absolute Gasteiger partial charge is 0.481 e. The fourth-order valence-corrected chi connectivity index (χ4v) is 2.44. The zero-order valence-electron chi connectivity index (χ0n) is 14.8. The van der Waals surface area contributed by atoms with E-state index in [-0.39, 0.29) is 24.7 Å². The maximum atomic E-state index is 10.3. The fourth-order valence-electron chi connectivity index (χ4n) is 2.44. The minimum Gasteiger partial charge on any atom is -0.481 e. The van der Waals surface area contributed by atoms with E-state index in [1.165, 1.54) is 12.8 Å². The van der Waals surface area contributed by atoms with Gasteiger partial charge in [0.15, 0.2) is 0 Å². The van der Waals surface area contributed by atoms with Crippen molar-refractivity contribution in [3.63, 3.8) is 0 Å². The first-order valence-corrected chi connectivity index (χ1v) is 9.17. The summed E-state index contributed by atoms with van der Waals surface area (Å²) in [5.74, 6) is -0.732. The van der Waals surface area contributed by atoms with Crippen molar-refractivity contribution in [2.45, 2.75) is 83.0 Å². The number of rotatable bonds is 14. The quantitative estimate of drug-likeness (QED) is 0.280. The Balaban J connectivity index is 2.01. The molecule has 1 fully saturated rings. The van der Waals surface area contributed by atoms with E-state index >= 15 is 0 Å². The van der Waals surface area contributed by atoms with E-state index in [4.69, 9.17) is 9.84 Å². The van der Waals surface area contributed by atoms with Gasteiger partial charge in [-0.15, -0.1) is 0 Å². The van der Waals surface area contributed by atoms with Crippen molar-refractivity contribution in [2.24, 2.45) is 0 Å². The molecule has 0 aliphatic carbocycles. The number of unbranched alkanes of at least 4 members (excludes halogenated alkanes) is 3. The van der Waals surface area contributed by atoms with E-state index < -0.39 is 5.97 Å². The minimum absolute atomic E-state index is 0.155. The summed E-state index contributed by atoms with van der Waals surface area (Å²) < 4.78 is 5.55. The summed E-state index contributed by atoms with van der Waals surface area (Å²) >= 11 is 0. The number of epoxide rings is 1. The molecule has 0 spiro atoms. The number of allylic oxidation sites excluding steroid dienone is 3. The molecule has 136 valence electrons. The number of aliphatic hydroxyl groups is 1. The maximum Gasteiger partial charge on any atom is 0.303 e. The van der Waals surface area contributed by atoms with Gasteiger partial charge >= 0.3 is 5.97 Å². The van der Waals surface area contributed by atoms with Crippen molar-refractivity contribution in [3.05, 3.63) is 36.5 Å². The third-order valence-corrected chi connectivity index (χ3v) is 3.98. The van der Waals surface area contributed by atoms with Crippen LogP contribution in [0.25, 0.3) is 0 Å². The second kappa shape index (κ2) is 13.0. The van der Waals surface area contributed by atoms with Gasteiger partial charge in [-0.25, -0.2) is 0 Å². The van der Waals surface area contributed by atoms with Crippen molar-refractivity contribution < 1.29 is 19.7 Å². The number of hydrogen-bond acceptors (Lipinski definition) is 3. The molecule has 1 aliphatic heterocycles. The summed E-state index contributed by atoms with van der Waals surface area (Å²) in [6, 6.07) is 0. The minimum atomic E-state index is -0.732. The van der Waals surface area contributed by atoms with Gasteiger partial charge in [0.1, 0.15) is 6.10 Å². The Morgan fingerprint density at radius 3 is 2.71 bits per heavy atom. The summed E-state index contributed by atoms with van der Waals surface area (Å²) in [5, 5.41) is 18.3. The topological polar surface area (TPSA) is 70.1 Å². The lowest BCUT2D eigenvalue weighted by molar-refractivity contribution is -0.137. The first-order valence-electron chi connectivity index (χ1n) is 9.17. The van der Waals surface area contributed by atoms with Gasteiger partial charge in [0.05, 0.1) is 12.2 Å². The highest BCUT2D eigenvalue weighted by Gasteiger charge is 2.34. The zero-order chi connectivity index (χ0) is 17.6. The molecule has 1 aliphatic rings. The molecule has 0 saturated carbocycles. The number of aliphatic carboxylic acids is 1. The third kappa shape index (κ3) is 11.2. The summed E-state index contributed by atoms with van der Waals surface area (Å²) in [5.41, 5.74) is 0. The van der Waals surface area contributed by atoms with Crippen molar-refractivity contribution in [2.75, 3.05) is 0 Å². The van der Waals surface area contributed by atoms with Crippen LogP contribution in [0.2, 0.25) is 0 Å². The van der Waals surface area contributed by atoms with Gasteiger partial charge in [-0.2, -0.15) is 0 Å². The summed E-state index contributed by atoms with van der Waals surface area (Å²) in [7, 11) is 0. The van der Waals surface area contributed by atoms with Crippen LogP contribution in [0.4, 0.5) is 0 Å². The Kier molecular flexibility index (Phi) is 11.2. The fraction of sp³-hybridized carbons (Fsp3) is 0.650. The lowest BCUT2D eigenvalue weighted by Crippen LogP contribution is -2.02. The van der Waals surface area contributed by atoms with Crippen LogP contribution in [0.5, 0.6) is 0 Å². The first kappa shape index (κ1) is 20.7. The molecule has 1 heterocycles. The molecule has 0 bridgehead atoms. The molecule has 1 rings (SSSR count). The molecule has 0 radical (unpaired) electrons. The Bertz CT molecular complexity index is 425. The second-order valence-corrected chi connectivity index (χ2v) is 6.29. The lowest BCUT2D eigenvalue weighted by atomic mass is 10.1. The van der Waals surface area contributed by atoms with Gasteiger partial charge < -0.3 is 14.9 Å². The molecular weight excluding hydrogens is 304 g/mol. The summed E-state index contributed by atoms with van der Waals surface area (Å²) in [4.78, 5) is 10.3. The van der Waals surface area contributed by atoms with Crippen LogP contribution in [0.15, 0.2) is 36.5 Å². The smallest absolute Gasteiger partial charge is 0.303 e. The highest BCUT2D eigenvalue weighted by Crippen LogP contribution is 2.27. The molecule has 3 unspecified atom stereocenters. The van der Waals surface area contributed by atoms with E-state index in [1.54, 1.807) is 0 Å². The van der Waals surface area contributed by atoms with E-state index in [9.17, 15) is 9.90 Å². The first-order chi connectivity index (χ1) is 11.6. The van der Waals surface area contributed by atoms with Crippen LogP contribution in [-0.4, -0.2) is 34.5 Å².